The van der Waals surface area contributed by atoms with E-state index in [-0.39, 0.29) is 0 Å². The van der Waals surface area contributed by atoms with Crippen molar-refractivity contribution in [2.45, 2.75) is 0 Å². The maximum atomic E-state index is 2.44. The van der Waals surface area contributed by atoms with Gasteiger partial charge in [0.05, 0.1) is 0 Å². The van der Waals surface area contributed by atoms with Gasteiger partial charge in [0.15, 0.2) is 0 Å². The average Bonchev–Trinajstić information content (AvgIpc) is 3.00. The molecule has 1 aliphatic heterocycles. The summed E-state index contributed by atoms with van der Waals surface area (Å²) in [6.45, 7) is 0. The van der Waals surface area contributed by atoms with E-state index >= 15 is 0 Å². The Bertz CT molecular complexity index is 1690. The number of fused-ring (bicyclic) bond motifs is 1. The van der Waals surface area contributed by atoms with Crippen molar-refractivity contribution in [2.75, 3.05) is 0 Å². The number of benzene rings is 6. The van der Waals surface area contributed by atoms with Crippen molar-refractivity contribution in [3.05, 3.63) is 164 Å². The topological polar surface area (TPSA) is 0 Å². The number of rotatable bonds is 5. The Balaban J connectivity index is 1.70. The molecule has 0 saturated heterocycles. The first-order valence-electron chi connectivity index (χ1n) is 13.1. The molecule has 38 heavy (non-hydrogen) atoms. The van der Waals surface area contributed by atoms with Gasteiger partial charge in [-0.2, -0.15) is 0 Å². The molecule has 6 aromatic rings. The predicted molar refractivity (Wildman–Crippen MR) is 167 cm³/mol. The van der Waals surface area contributed by atoms with E-state index in [4.69, 9.17) is 0 Å². The summed E-state index contributed by atoms with van der Waals surface area (Å²) >= 11 is -2.17. The minimum absolute atomic E-state index is 1.31. The summed E-state index contributed by atoms with van der Waals surface area (Å²) in [4.78, 5) is 0. The molecule has 0 spiro atoms. The van der Waals surface area contributed by atoms with Gasteiger partial charge in [0, 0.05) is 0 Å². The molecule has 1 heterocycles. The maximum absolute atomic E-state index is 2.44. The molecule has 0 atom stereocenters. The molecular weight excluding hydrogens is 536 g/mol. The summed E-state index contributed by atoms with van der Waals surface area (Å²) in [5, 5.41) is 4.61. The van der Waals surface area contributed by atoms with Crippen LogP contribution in [0.1, 0.15) is 0 Å². The molecule has 180 valence electrons. The third-order valence-corrected chi connectivity index (χ3v) is 27.5. The summed E-state index contributed by atoms with van der Waals surface area (Å²) < 4.78 is 3.22. The van der Waals surface area contributed by atoms with Crippen molar-refractivity contribution < 1.29 is 0 Å². The van der Waals surface area contributed by atoms with Crippen LogP contribution in [0.15, 0.2) is 164 Å². The molecule has 0 N–H and O–H groups in total. The zero-order chi connectivity index (χ0) is 25.4. The summed E-state index contributed by atoms with van der Waals surface area (Å²) in [7, 11) is 0. The van der Waals surface area contributed by atoms with Crippen molar-refractivity contribution in [1.29, 1.82) is 0 Å². The first-order valence-corrected chi connectivity index (χ1v) is 19.8. The Morgan fingerprint density at radius 2 is 0.789 bits per heavy atom. The van der Waals surface area contributed by atoms with Crippen LogP contribution in [0.3, 0.4) is 0 Å². The Morgan fingerprint density at radius 1 is 0.368 bits per heavy atom. The zero-order valence-electron chi connectivity index (χ0n) is 21.0. The van der Waals surface area contributed by atoms with Crippen LogP contribution in [0.2, 0.25) is 0 Å². The molecule has 6 aromatic carbocycles. The van der Waals surface area contributed by atoms with E-state index < -0.39 is 18.9 Å². The molecule has 0 saturated carbocycles. The second-order valence-corrected chi connectivity index (χ2v) is 22.7. The summed E-state index contributed by atoms with van der Waals surface area (Å²) in [6.07, 6.45) is 0. The van der Waals surface area contributed by atoms with Crippen LogP contribution < -0.4 is 24.7 Å². The molecule has 0 aliphatic carbocycles. The van der Waals surface area contributed by atoms with Crippen molar-refractivity contribution in [2.24, 2.45) is 0 Å². The van der Waals surface area contributed by atoms with E-state index in [0.29, 0.717) is 0 Å². The van der Waals surface area contributed by atoms with Gasteiger partial charge in [-0.3, -0.25) is 0 Å². The molecule has 0 radical (unpaired) electrons. The Morgan fingerprint density at radius 3 is 1.29 bits per heavy atom. The zero-order valence-corrected chi connectivity index (χ0v) is 24.0. The van der Waals surface area contributed by atoms with Crippen LogP contribution in [0, 0.1) is 0 Å². The van der Waals surface area contributed by atoms with Crippen LogP contribution in [-0.4, -0.2) is 13.4 Å². The Labute approximate surface area is 228 Å². The molecular formula is C36H27GeP. The van der Waals surface area contributed by atoms with E-state index in [1.54, 1.807) is 14.1 Å². The molecule has 2 heteroatoms. The third-order valence-electron chi connectivity index (χ3n) is 7.61. The fourth-order valence-electron chi connectivity index (χ4n) is 6.03. The summed E-state index contributed by atoms with van der Waals surface area (Å²) in [5.74, 6) is 0. The Kier molecular flexibility index (Phi) is 6.08. The Hall–Kier alpha value is -3.71. The van der Waals surface area contributed by atoms with Crippen LogP contribution in [0.25, 0.3) is 22.3 Å². The van der Waals surface area contributed by atoms with Gasteiger partial charge >= 0.3 is 230 Å². The van der Waals surface area contributed by atoms with Crippen LogP contribution in [0.4, 0.5) is 0 Å². The first-order chi connectivity index (χ1) is 18.9. The van der Waals surface area contributed by atoms with Crippen molar-refractivity contribution in [3.8, 4) is 22.3 Å². The molecule has 0 amide bonds. The van der Waals surface area contributed by atoms with Crippen LogP contribution in [-0.2, 0) is 0 Å². The second-order valence-electron chi connectivity index (χ2n) is 9.67. The quantitative estimate of drug-likeness (QED) is 0.167. The third kappa shape index (κ3) is 3.63. The van der Waals surface area contributed by atoms with Gasteiger partial charge in [0.25, 0.3) is 0 Å². The van der Waals surface area contributed by atoms with Crippen LogP contribution in [0.5, 0.6) is 0 Å². The van der Waals surface area contributed by atoms with Gasteiger partial charge in [0.1, 0.15) is 0 Å². The van der Waals surface area contributed by atoms with Gasteiger partial charge in [-0.05, 0) is 0 Å². The molecule has 1 aliphatic rings. The molecule has 0 aromatic heterocycles. The number of hydrogen-bond acceptors (Lipinski definition) is 0. The van der Waals surface area contributed by atoms with Gasteiger partial charge in [-0.25, -0.2) is 0 Å². The summed E-state index contributed by atoms with van der Waals surface area (Å²) in [5.41, 5.74) is 3.59. The van der Waals surface area contributed by atoms with Crippen molar-refractivity contribution in [3.63, 3.8) is 0 Å². The SMILES string of the molecule is c1ccc(-c2cccc(-c3ccccc3)[c]2[Ge]2=[P](c3ccccc3)(c3ccccc3)c3cccc[c]32)cc1. The molecule has 0 fully saturated rings. The molecule has 0 nitrogen and oxygen atoms in total. The van der Waals surface area contributed by atoms with Gasteiger partial charge < -0.3 is 0 Å². The van der Waals surface area contributed by atoms with E-state index in [1.807, 2.05) is 0 Å². The van der Waals surface area contributed by atoms with Gasteiger partial charge in [-0.1, -0.05) is 0 Å². The van der Waals surface area contributed by atoms with E-state index in [9.17, 15) is 0 Å². The first kappa shape index (κ1) is 23.4. The molecule has 0 bridgehead atoms. The molecule has 7 rings (SSSR count). The van der Waals surface area contributed by atoms with Crippen LogP contribution >= 0.6 is 5.43 Å². The monoisotopic (exact) mass is 564 g/mol. The minimum atomic E-state index is -2.17. The number of hydrogen-bond donors (Lipinski definition) is 0. The average molecular weight is 563 g/mol. The predicted octanol–water partition coefficient (Wildman–Crippen LogP) is 6.43. The van der Waals surface area contributed by atoms with Crippen molar-refractivity contribution >= 4 is 43.6 Å². The van der Waals surface area contributed by atoms with Crippen molar-refractivity contribution in [1.82, 2.24) is 0 Å². The summed E-state index contributed by atoms with van der Waals surface area (Å²) in [6, 6.07) is 61.2. The normalized spacial score (nSPS) is 13.4. The fourth-order valence-corrected chi connectivity index (χ4v) is 28.8. The second kappa shape index (κ2) is 9.88. The van der Waals surface area contributed by atoms with Gasteiger partial charge in [0.2, 0.25) is 0 Å². The standard InChI is InChI=1S/C36H27GeP/c1-5-16-28(17-6-1)32-24-15-25-33(29-18-7-2-8-19-29)36(32)37-34-26-13-14-27-35(34)38(37,30-20-9-3-10-21-30)31-22-11-4-12-23-31/h1-27H. The van der Waals surface area contributed by atoms with E-state index in [0.717, 1.165) is 0 Å². The van der Waals surface area contributed by atoms with Gasteiger partial charge in [-0.15, -0.1) is 0 Å². The molecule has 0 unspecified atom stereocenters. The van der Waals surface area contributed by atoms with E-state index in [2.05, 4.69) is 164 Å². The fraction of sp³-hybridized carbons (Fsp3) is 0. The van der Waals surface area contributed by atoms with E-state index in [1.165, 1.54) is 32.9 Å².